The minimum Gasteiger partial charge on any atom is -0.495 e. The molecule has 0 aliphatic rings. The summed E-state index contributed by atoms with van der Waals surface area (Å²) in [6.45, 7) is 0. The van der Waals surface area contributed by atoms with Crippen molar-refractivity contribution in [1.29, 1.82) is 0 Å². The highest BCUT2D eigenvalue weighted by molar-refractivity contribution is 9.11. The van der Waals surface area contributed by atoms with Crippen LogP contribution in [-0.4, -0.2) is 18.3 Å². The number of nitrogens with one attached hydrogen (secondary N) is 1. The van der Waals surface area contributed by atoms with Crippen molar-refractivity contribution < 1.29 is 4.74 Å². The summed E-state index contributed by atoms with van der Waals surface area (Å²) in [4.78, 5) is 4.11. The number of ether oxygens (including phenoxy) is 1. The van der Waals surface area contributed by atoms with Gasteiger partial charge in [-0.3, -0.25) is 5.43 Å². The normalized spacial score (nSPS) is 10.7. The lowest BCUT2D eigenvalue weighted by Gasteiger charge is -2.07. The Kier molecular flexibility index (Phi) is 4.93. The van der Waals surface area contributed by atoms with Gasteiger partial charge in [-0.15, -0.1) is 0 Å². The maximum absolute atomic E-state index is 5.33. The molecule has 0 aliphatic carbocycles. The van der Waals surface area contributed by atoms with Crippen LogP contribution in [-0.2, 0) is 0 Å². The largest absolute Gasteiger partial charge is 0.495 e. The molecule has 2 rings (SSSR count). The van der Waals surface area contributed by atoms with Crippen molar-refractivity contribution >= 4 is 43.9 Å². The van der Waals surface area contributed by atoms with Crippen LogP contribution in [0.1, 0.15) is 5.56 Å². The molecule has 0 aliphatic heterocycles. The minimum absolute atomic E-state index is 0.687. The molecule has 0 saturated carbocycles. The van der Waals surface area contributed by atoms with Gasteiger partial charge in [0.2, 0.25) is 0 Å². The number of hydrogen-bond donors (Lipinski definition) is 1. The Bertz CT molecular complexity index is 588. The van der Waals surface area contributed by atoms with E-state index < -0.39 is 0 Å². The fourth-order valence-corrected chi connectivity index (χ4v) is 2.91. The number of methoxy groups -OCH3 is 1. The summed E-state index contributed by atoms with van der Waals surface area (Å²) in [7, 11) is 1.62. The van der Waals surface area contributed by atoms with Crippen molar-refractivity contribution in [1.82, 2.24) is 4.98 Å². The van der Waals surface area contributed by atoms with Crippen LogP contribution in [0.15, 0.2) is 50.6 Å². The van der Waals surface area contributed by atoms with E-state index in [4.69, 9.17) is 4.74 Å². The van der Waals surface area contributed by atoms with Crippen molar-refractivity contribution in [3.8, 4) is 5.75 Å². The molecule has 1 N–H and O–H groups in total. The average Bonchev–Trinajstić information content (AvgIpc) is 2.39. The third-order valence-corrected chi connectivity index (χ3v) is 3.34. The molecule has 19 heavy (non-hydrogen) atoms. The smallest absolute Gasteiger partial charge is 0.146 e. The van der Waals surface area contributed by atoms with Gasteiger partial charge in [-0.2, -0.15) is 5.10 Å². The van der Waals surface area contributed by atoms with Crippen molar-refractivity contribution in [2.45, 2.75) is 0 Å². The molecule has 0 bridgehead atoms. The Balaban J connectivity index is 2.19. The number of benzene rings is 1. The molecule has 0 amide bonds. The fraction of sp³-hybridized carbons (Fsp3) is 0.0769. The highest BCUT2D eigenvalue weighted by Gasteiger charge is 2.07. The van der Waals surface area contributed by atoms with Gasteiger partial charge in [-0.25, -0.2) is 4.98 Å². The average molecular weight is 385 g/mol. The molecule has 2 aromatic rings. The summed E-state index contributed by atoms with van der Waals surface area (Å²) in [5.41, 5.74) is 3.71. The van der Waals surface area contributed by atoms with Crippen LogP contribution in [0.25, 0.3) is 0 Å². The second kappa shape index (κ2) is 6.68. The van der Waals surface area contributed by atoms with E-state index in [-0.39, 0.29) is 0 Å². The molecule has 6 heteroatoms. The van der Waals surface area contributed by atoms with Crippen molar-refractivity contribution in [3.63, 3.8) is 0 Å². The van der Waals surface area contributed by atoms with Crippen LogP contribution < -0.4 is 10.2 Å². The first-order valence-corrected chi connectivity index (χ1v) is 7.02. The Labute approximate surface area is 128 Å². The number of aromatic nitrogens is 1. The molecule has 98 valence electrons. The number of pyridine rings is 1. The summed E-state index contributed by atoms with van der Waals surface area (Å²) in [5, 5.41) is 4.14. The Hall–Kier alpha value is -1.40. The van der Waals surface area contributed by atoms with Crippen molar-refractivity contribution in [2.24, 2.45) is 5.10 Å². The number of nitrogens with zero attached hydrogens (tertiary/aromatic N) is 2. The molecule has 0 radical (unpaired) electrons. The molecule has 0 saturated heterocycles. The zero-order valence-electron chi connectivity index (χ0n) is 10.1. The van der Waals surface area contributed by atoms with Gasteiger partial charge < -0.3 is 4.74 Å². The summed E-state index contributed by atoms with van der Waals surface area (Å²) >= 11 is 6.88. The van der Waals surface area contributed by atoms with Crippen LogP contribution >= 0.6 is 31.9 Å². The first-order valence-electron chi connectivity index (χ1n) is 5.44. The van der Waals surface area contributed by atoms with Crippen LogP contribution in [0, 0.1) is 0 Å². The van der Waals surface area contributed by atoms with E-state index in [1.807, 2.05) is 30.3 Å². The first kappa shape index (κ1) is 14.0. The predicted molar refractivity (Wildman–Crippen MR) is 83.8 cm³/mol. The van der Waals surface area contributed by atoms with Crippen molar-refractivity contribution in [2.75, 3.05) is 12.5 Å². The molecule has 1 aromatic carbocycles. The van der Waals surface area contributed by atoms with E-state index in [1.165, 1.54) is 0 Å². The molecular formula is C13H11Br2N3O. The second-order valence-corrected chi connectivity index (χ2v) is 5.37. The monoisotopic (exact) mass is 383 g/mol. The number of hydrogen-bond acceptors (Lipinski definition) is 4. The fourth-order valence-electron chi connectivity index (χ4n) is 1.49. The SMILES string of the molecule is COc1c(Br)cc(Br)cc1/C=N\Nc1ccccn1. The molecule has 4 nitrogen and oxygen atoms in total. The van der Waals surface area contributed by atoms with Gasteiger partial charge in [0.25, 0.3) is 0 Å². The number of hydrazone groups is 1. The van der Waals surface area contributed by atoms with Crippen molar-refractivity contribution in [3.05, 3.63) is 51.0 Å². The standard InChI is InChI=1S/C13H11Br2N3O/c1-19-13-9(6-10(14)7-11(13)15)8-17-18-12-4-2-3-5-16-12/h2-8H,1H3,(H,16,18)/b17-8-. The first-order chi connectivity index (χ1) is 9.20. The van der Waals surface area contributed by atoms with Crippen LogP contribution in [0.2, 0.25) is 0 Å². The topological polar surface area (TPSA) is 46.5 Å². The van der Waals surface area contributed by atoms with E-state index >= 15 is 0 Å². The Morgan fingerprint density at radius 3 is 2.84 bits per heavy atom. The van der Waals surface area contributed by atoms with Gasteiger partial charge in [0.1, 0.15) is 11.6 Å². The maximum Gasteiger partial charge on any atom is 0.146 e. The van der Waals surface area contributed by atoms with Gasteiger partial charge in [0.05, 0.1) is 17.8 Å². The molecule has 1 aromatic heterocycles. The summed E-state index contributed by atoms with van der Waals surface area (Å²) in [6.07, 6.45) is 3.39. The number of rotatable bonds is 4. The van der Waals surface area contributed by atoms with Gasteiger partial charge in [0.15, 0.2) is 0 Å². The quantitative estimate of drug-likeness (QED) is 0.638. The highest BCUT2D eigenvalue weighted by atomic mass is 79.9. The third-order valence-electron chi connectivity index (χ3n) is 2.29. The zero-order valence-corrected chi connectivity index (χ0v) is 13.3. The van der Waals surface area contributed by atoms with E-state index in [1.54, 1.807) is 19.5 Å². The summed E-state index contributed by atoms with van der Waals surface area (Å²) < 4.78 is 7.14. The Morgan fingerprint density at radius 1 is 1.32 bits per heavy atom. The van der Waals surface area contributed by atoms with Crippen LogP contribution in [0.4, 0.5) is 5.82 Å². The zero-order chi connectivity index (χ0) is 13.7. The van der Waals surface area contributed by atoms with Gasteiger partial charge in [-0.1, -0.05) is 22.0 Å². The number of halogens is 2. The molecule has 0 atom stereocenters. The highest BCUT2D eigenvalue weighted by Crippen LogP contribution is 2.31. The van der Waals surface area contributed by atoms with Crippen LogP contribution in [0.5, 0.6) is 5.75 Å². The van der Waals surface area contributed by atoms with Crippen LogP contribution in [0.3, 0.4) is 0 Å². The van der Waals surface area contributed by atoms with Gasteiger partial charge >= 0.3 is 0 Å². The number of anilines is 1. The lowest BCUT2D eigenvalue weighted by atomic mass is 10.2. The van der Waals surface area contributed by atoms with E-state index in [0.29, 0.717) is 5.82 Å². The molecule has 0 fully saturated rings. The molecular weight excluding hydrogens is 374 g/mol. The van der Waals surface area contributed by atoms with E-state index in [2.05, 4.69) is 47.4 Å². The van der Waals surface area contributed by atoms with Gasteiger partial charge in [-0.05, 0) is 40.2 Å². The molecule has 0 spiro atoms. The van der Waals surface area contributed by atoms with E-state index in [0.717, 1.165) is 20.3 Å². The minimum atomic E-state index is 0.687. The lowest BCUT2D eigenvalue weighted by molar-refractivity contribution is 0.411. The molecule has 1 heterocycles. The summed E-state index contributed by atoms with van der Waals surface area (Å²) in [5.74, 6) is 1.42. The predicted octanol–water partition coefficient (Wildman–Crippen LogP) is 4.06. The van der Waals surface area contributed by atoms with E-state index in [9.17, 15) is 0 Å². The Morgan fingerprint density at radius 2 is 2.16 bits per heavy atom. The maximum atomic E-state index is 5.33. The molecule has 0 unspecified atom stereocenters. The second-order valence-electron chi connectivity index (χ2n) is 3.60. The third kappa shape index (κ3) is 3.78. The summed E-state index contributed by atoms with van der Waals surface area (Å²) in [6, 6.07) is 9.42. The van der Waals surface area contributed by atoms with Gasteiger partial charge in [0, 0.05) is 16.2 Å². The lowest BCUT2D eigenvalue weighted by Crippen LogP contribution is -1.96.